The number of nitrogens with zero attached hydrogens (tertiary/aromatic N) is 2. The summed E-state index contributed by atoms with van der Waals surface area (Å²) in [4.78, 5) is 4.49. The van der Waals surface area contributed by atoms with Crippen molar-refractivity contribution < 1.29 is 14.9 Å². The van der Waals surface area contributed by atoms with Gasteiger partial charge in [-0.15, -0.1) is 0 Å². The number of halogens is 1. The topological polar surface area (TPSA) is 67.5 Å². The van der Waals surface area contributed by atoms with E-state index in [4.69, 9.17) is 4.74 Å². The molecule has 3 aromatic carbocycles. The van der Waals surface area contributed by atoms with Crippen LogP contribution in [0.4, 0.5) is 0 Å². The van der Waals surface area contributed by atoms with Gasteiger partial charge in [0, 0.05) is 0 Å². The molecule has 0 saturated carbocycles. The van der Waals surface area contributed by atoms with Crippen molar-refractivity contribution in [1.29, 1.82) is 0 Å². The fourth-order valence-corrected chi connectivity index (χ4v) is 3.99. The Morgan fingerprint density at radius 1 is 1.04 bits per heavy atom. The first-order valence-electron chi connectivity index (χ1n) is 9.16. The Morgan fingerprint density at radius 3 is 2.61 bits per heavy atom. The summed E-state index contributed by atoms with van der Waals surface area (Å²) in [6.07, 6.45) is -1.48. The molecule has 1 heterocycles. The molecule has 0 aliphatic heterocycles. The fourth-order valence-electron chi connectivity index (χ4n) is 3.38. The second kappa shape index (κ2) is 7.91. The first-order chi connectivity index (χ1) is 13.5. The van der Waals surface area contributed by atoms with Crippen LogP contribution in [0.15, 0.2) is 65.1 Å². The van der Waals surface area contributed by atoms with E-state index >= 15 is 0 Å². The van der Waals surface area contributed by atoms with Crippen LogP contribution in [0.1, 0.15) is 18.9 Å². The highest BCUT2D eigenvalue weighted by Crippen LogP contribution is 2.33. The smallest absolute Gasteiger partial charge is 0.138 e. The number of benzene rings is 3. The summed E-state index contributed by atoms with van der Waals surface area (Å²) in [6.45, 7) is 2.08. The molecule has 4 rings (SSSR count). The number of aliphatic hydroxyl groups is 2. The predicted octanol–water partition coefficient (Wildman–Crippen LogP) is 4.45. The Hall–Kier alpha value is -2.41. The van der Waals surface area contributed by atoms with Crippen LogP contribution in [0.2, 0.25) is 0 Å². The minimum Gasteiger partial charge on any atom is -0.490 e. The molecule has 0 amide bonds. The summed E-state index contributed by atoms with van der Waals surface area (Å²) >= 11 is 3.60. The number of hydrogen-bond donors (Lipinski definition) is 2. The summed E-state index contributed by atoms with van der Waals surface area (Å²) in [6, 6.07) is 19.6. The Morgan fingerprint density at radius 2 is 1.79 bits per heavy atom. The number of para-hydroxylation sites is 2. The van der Waals surface area contributed by atoms with Crippen LogP contribution < -0.4 is 4.74 Å². The van der Waals surface area contributed by atoms with Gasteiger partial charge in [0.25, 0.3) is 0 Å². The van der Waals surface area contributed by atoms with Crippen LogP contribution in [0.25, 0.3) is 21.8 Å². The SMILES string of the molecule is C[C@@H](O)c1nc2ccccc2n1C[C@H](O)COc1ccc2ccccc2c1Br. The lowest BCUT2D eigenvalue weighted by atomic mass is 10.1. The maximum absolute atomic E-state index is 10.6. The summed E-state index contributed by atoms with van der Waals surface area (Å²) < 4.78 is 8.60. The van der Waals surface area contributed by atoms with Crippen LogP contribution in [-0.2, 0) is 6.54 Å². The maximum Gasteiger partial charge on any atom is 0.138 e. The lowest BCUT2D eigenvalue weighted by Crippen LogP contribution is -2.25. The average Bonchev–Trinajstić information content (AvgIpc) is 3.06. The zero-order valence-electron chi connectivity index (χ0n) is 15.4. The van der Waals surface area contributed by atoms with Crippen LogP contribution in [0, 0.1) is 0 Å². The van der Waals surface area contributed by atoms with Crippen molar-refractivity contribution in [2.45, 2.75) is 25.7 Å². The van der Waals surface area contributed by atoms with E-state index in [-0.39, 0.29) is 13.2 Å². The van der Waals surface area contributed by atoms with Crippen molar-refractivity contribution in [3.63, 3.8) is 0 Å². The van der Waals surface area contributed by atoms with Gasteiger partial charge >= 0.3 is 0 Å². The van der Waals surface area contributed by atoms with E-state index in [9.17, 15) is 10.2 Å². The Kier molecular flexibility index (Phi) is 5.35. The molecule has 5 nitrogen and oxygen atoms in total. The molecule has 0 radical (unpaired) electrons. The van der Waals surface area contributed by atoms with Crippen molar-refractivity contribution in [2.75, 3.05) is 6.61 Å². The molecule has 0 unspecified atom stereocenters. The van der Waals surface area contributed by atoms with E-state index in [1.165, 1.54) is 0 Å². The minimum atomic E-state index is -0.756. The molecule has 2 atom stereocenters. The monoisotopic (exact) mass is 440 g/mol. The first-order valence-corrected chi connectivity index (χ1v) is 9.95. The van der Waals surface area contributed by atoms with Crippen molar-refractivity contribution in [3.05, 3.63) is 71.0 Å². The van der Waals surface area contributed by atoms with Gasteiger partial charge in [-0.2, -0.15) is 0 Å². The number of ether oxygens (including phenoxy) is 1. The third-order valence-corrected chi connectivity index (χ3v) is 5.53. The number of aromatic nitrogens is 2. The van der Waals surface area contributed by atoms with Gasteiger partial charge in [0.05, 0.1) is 22.1 Å². The Balaban J connectivity index is 1.53. The third-order valence-electron chi connectivity index (χ3n) is 4.71. The highest BCUT2D eigenvalue weighted by Gasteiger charge is 2.18. The first kappa shape index (κ1) is 18.9. The number of rotatable bonds is 6. The highest BCUT2D eigenvalue weighted by molar-refractivity contribution is 9.10. The van der Waals surface area contributed by atoms with Crippen molar-refractivity contribution in [3.8, 4) is 5.75 Å². The van der Waals surface area contributed by atoms with Gasteiger partial charge in [0.2, 0.25) is 0 Å². The standard InChI is InChI=1S/C22H21BrN2O3/c1-14(26)22-24-18-8-4-5-9-19(18)25(22)12-16(27)13-28-20-11-10-15-6-2-3-7-17(15)21(20)23/h2-11,14,16,26-27H,12-13H2,1H3/t14-,16+/m1/s1. The van der Waals surface area contributed by atoms with Gasteiger partial charge in [0.1, 0.15) is 30.4 Å². The van der Waals surface area contributed by atoms with E-state index in [1.54, 1.807) is 6.92 Å². The van der Waals surface area contributed by atoms with Gasteiger partial charge in [-0.3, -0.25) is 0 Å². The molecule has 0 fully saturated rings. The largest absolute Gasteiger partial charge is 0.490 e. The van der Waals surface area contributed by atoms with Crippen molar-refractivity contribution in [2.24, 2.45) is 0 Å². The summed E-state index contributed by atoms with van der Waals surface area (Å²) in [5, 5.41) is 22.8. The summed E-state index contributed by atoms with van der Waals surface area (Å²) in [7, 11) is 0. The summed E-state index contributed by atoms with van der Waals surface area (Å²) in [5.74, 6) is 1.22. The number of imidazole rings is 1. The fraction of sp³-hybridized carbons (Fsp3) is 0.227. The molecule has 0 aliphatic rings. The Bertz CT molecular complexity index is 1120. The normalized spacial score (nSPS) is 13.7. The third kappa shape index (κ3) is 3.63. The van der Waals surface area contributed by atoms with Gasteiger partial charge in [-0.05, 0) is 51.8 Å². The highest BCUT2D eigenvalue weighted by atomic mass is 79.9. The molecule has 1 aromatic heterocycles. The number of hydrogen-bond acceptors (Lipinski definition) is 4. The van der Waals surface area contributed by atoms with Crippen molar-refractivity contribution >= 4 is 37.7 Å². The van der Waals surface area contributed by atoms with Crippen LogP contribution >= 0.6 is 15.9 Å². The number of aliphatic hydroxyl groups excluding tert-OH is 2. The van der Waals surface area contributed by atoms with Gasteiger partial charge in [-0.1, -0.05) is 42.5 Å². The van der Waals surface area contributed by atoms with Gasteiger partial charge in [0.15, 0.2) is 0 Å². The van der Waals surface area contributed by atoms with E-state index in [0.29, 0.717) is 11.6 Å². The van der Waals surface area contributed by atoms with Crippen LogP contribution in [0.3, 0.4) is 0 Å². The van der Waals surface area contributed by atoms with Crippen LogP contribution in [-0.4, -0.2) is 32.5 Å². The van der Waals surface area contributed by atoms with E-state index < -0.39 is 12.2 Å². The molecule has 2 N–H and O–H groups in total. The van der Waals surface area contributed by atoms with Crippen LogP contribution in [0.5, 0.6) is 5.75 Å². The molecule has 144 valence electrons. The van der Waals surface area contributed by atoms with Crippen molar-refractivity contribution in [1.82, 2.24) is 9.55 Å². The zero-order valence-corrected chi connectivity index (χ0v) is 17.0. The Labute approximate surface area is 171 Å². The average molecular weight is 441 g/mol. The number of fused-ring (bicyclic) bond motifs is 2. The predicted molar refractivity (Wildman–Crippen MR) is 114 cm³/mol. The summed E-state index contributed by atoms with van der Waals surface area (Å²) in [5.41, 5.74) is 1.67. The molecule has 0 bridgehead atoms. The lowest BCUT2D eigenvalue weighted by molar-refractivity contribution is 0.0892. The van der Waals surface area contributed by atoms with E-state index in [2.05, 4.69) is 20.9 Å². The van der Waals surface area contributed by atoms with Gasteiger partial charge in [-0.25, -0.2) is 4.98 Å². The maximum atomic E-state index is 10.6. The molecule has 6 heteroatoms. The molecule has 0 spiro atoms. The second-order valence-electron chi connectivity index (χ2n) is 6.81. The van der Waals surface area contributed by atoms with Gasteiger partial charge < -0.3 is 19.5 Å². The van der Waals surface area contributed by atoms with E-state index in [1.807, 2.05) is 65.2 Å². The molecule has 0 saturated heterocycles. The molecular formula is C22H21BrN2O3. The molecule has 4 aromatic rings. The lowest BCUT2D eigenvalue weighted by Gasteiger charge is -2.17. The minimum absolute atomic E-state index is 0.128. The quantitative estimate of drug-likeness (QED) is 0.464. The zero-order chi connectivity index (χ0) is 19.7. The molecular weight excluding hydrogens is 420 g/mol. The second-order valence-corrected chi connectivity index (χ2v) is 7.60. The molecule has 28 heavy (non-hydrogen) atoms. The molecule has 0 aliphatic carbocycles. The van der Waals surface area contributed by atoms with E-state index in [0.717, 1.165) is 26.3 Å².